The minimum atomic E-state index is -4.75. The Labute approximate surface area is 115 Å². The number of benzene rings is 1. The highest BCUT2D eigenvalue weighted by atomic mass is 19.4. The average molecular weight is 290 g/mol. The summed E-state index contributed by atoms with van der Waals surface area (Å²) in [5, 5.41) is 0. The van der Waals surface area contributed by atoms with E-state index in [9.17, 15) is 18.0 Å². The fourth-order valence-corrected chi connectivity index (χ4v) is 2.11. The van der Waals surface area contributed by atoms with Gasteiger partial charge in [-0.3, -0.25) is 4.79 Å². The molecule has 3 nitrogen and oxygen atoms in total. The number of alkyl halides is 3. The van der Waals surface area contributed by atoms with Gasteiger partial charge in [0.25, 0.3) is 0 Å². The first-order valence-electron chi connectivity index (χ1n) is 6.28. The normalized spacial score (nSPS) is 12.1. The summed E-state index contributed by atoms with van der Waals surface area (Å²) in [7, 11) is 0. The molecule has 0 bridgehead atoms. The van der Waals surface area contributed by atoms with Gasteiger partial charge in [0.1, 0.15) is 11.4 Å². The molecule has 0 fully saturated rings. The van der Waals surface area contributed by atoms with Crippen molar-refractivity contribution in [1.29, 1.82) is 0 Å². The van der Waals surface area contributed by atoms with Crippen molar-refractivity contribution < 1.29 is 27.4 Å². The minimum absolute atomic E-state index is 0.326. The topological polar surface area (TPSA) is 35.5 Å². The number of rotatable bonds is 5. The second kappa shape index (κ2) is 6.15. The summed E-state index contributed by atoms with van der Waals surface area (Å²) < 4.78 is 45.9. The molecule has 112 valence electrons. The van der Waals surface area contributed by atoms with Gasteiger partial charge in [0, 0.05) is 6.92 Å². The molecule has 0 atom stereocenters. The van der Waals surface area contributed by atoms with Crippen molar-refractivity contribution in [2.45, 2.75) is 45.6 Å². The van der Waals surface area contributed by atoms with E-state index in [4.69, 9.17) is 4.74 Å². The quantitative estimate of drug-likeness (QED) is 0.764. The predicted octanol–water partition coefficient (Wildman–Crippen LogP) is 4.16. The smallest absolute Gasteiger partial charge is 0.454 e. The number of esters is 1. The van der Waals surface area contributed by atoms with E-state index in [2.05, 4.69) is 4.74 Å². The highest BCUT2D eigenvalue weighted by molar-refractivity contribution is 5.67. The van der Waals surface area contributed by atoms with Gasteiger partial charge < -0.3 is 9.47 Å². The molecule has 1 aromatic rings. The van der Waals surface area contributed by atoms with Gasteiger partial charge in [-0.15, -0.1) is 13.2 Å². The Bertz CT molecular complexity index is 465. The van der Waals surface area contributed by atoms with Crippen molar-refractivity contribution in [3.63, 3.8) is 0 Å². The first kappa shape index (κ1) is 16.3. The number of carbonyl (C=O) groups excluding carboxylic acids is 1. The number of hydrogen-bond donors (Lipinski definition) is 0. The van der Waals surface area contributed by atoms with Gasteiger partial charge in [0.15, 0.2) is 0 Å². The molecule has 0 aliphatic carbocycles. The molecule has 0 N–H and O–H groups in total. The van der Waals surface area contributed by atoms with Crippen LogP contribution in [-0.2, 0) is 15.1 Å². The van der Waals surface area contributed by atoms with Crippen LogP contribution in [0.4, 0.5) is 13.2 Å². The molecule has 0 saturated carbocycles. The van der Waals surface area contributed by atoms with E-state index in [1.807, 2.05) is 13.8 Å². The number of hydrogen-bond acceptors (Lipinski definition) is 3. The van der Waals surface area contributed by atoms with Gasteiger partial charge in [-0.1, -0.05) is 26.0 Å². The van der Waals surface area contributed by atoms with Gasteiger partial charge in [0.2, 0.25) is 0 Å². The molecular formula is C14H17F3O3. The molecule has 0 aromatic heterocycles. The van der Waals surface area contributed by atoms with Gasteiger partial charge >= 0.3 is 12.3 Å². The fraction of sp³-hybridized carbons (Fsp3) is 0.500. The maximum atomic E-state index is 12.2. The van der Waals surface area contributed by atoms with Crippen LogP contribution < -0.4 is 4.74 Å². The molecule has 20 heavy (non-hydrogen) atoms. The Balaban J connectivity index is 3.15. The van der Waals surface area contributed by atoms with Crippen LogP contribution in [0.1, 0.15) is 39.2 Å². The molecule has 0 amide bonds. The Morgan fingerprint density at radius 1 is 1.20 bits per heavy atom. The van der Waals surface area contributed by atoms with Crippen molar-refractivity contribution in [2.24, 2.45) is 0 Å². The second-order valence-corrected chi connectivity index (χ2v) is 4.37. The van der Waals surface area contributed by atoms with Crippen LogP contribution >= 0.6 is 0 Å². The van der Waals surface area contributed by atoms with Gasteiger partial charge in [-0.2, -0.15) is 0 Å². The van der Waals surface area contributed by atoms with Crippen molar-refractivity contribution >= 4 is 5.97 Å². The average Bonchev–Trinajstić information content (AvgIpc) is 2.34. The fourth-order valence-electron chi connectivity index (χ4n) is 2.11. The maximum Gasteiger partial charge on any atom is 0.573 e. The lowest BCUT2D eigenvalue weighted by molar-refractivity contribution is -0.274. The van der Waals surface area contributed by atoms with Crippen LogP contribution in [0.3, 0.4) is 0 Å². The van der Waals surface area contributed by atoms with Crippen molar-refractivity contribution in [1.82, 2.24) is 0 Å². The third-order valence-electron chi connectivity index (χ3n) is 3.08. The molecule has 0 aliphatic heterocycles. The predicted molar refractivity (Wildman–Crippen MR) is 67.2 cm³/mol. The summed E-state index contributed by atoms with van der Waals surface area (Å²) in [5.74, 6) is -0.802. The first-order valence-corrected chi connectivity index (χ1v) is 6.28. The van der Waals surface area contributed by atoms with E-state index in [0.717, 1.165) is 0 Å². The SMILES string of the molecule is CCC(CC)(OC(C)=O)c1cccc(OC(F)(F)F)c1. The number of halogens is 3. The lowest BCUT2D eigenvalue weighted by Crippen LogP contribution is -2.30. The molecule has 0 unspecified atom stereocenters. The zero-order valence-electron chi connectivity index (χ0n) is 11.6. The van der Waals surface area contributed by atoms with E-state index in [-0.39, 0.29) is 5.75 Å². The van der Waals surface area contributed by atoms with E-state index < -0.39 is 17.9 Å². The summed E-state index contributed by atoms with van der Waals surface area (Å²) in [6, 6.07) is 5.53. The van der Waals surface area contributed by atoms with Crippen LogP contribution in [0.25, 0.3) is 0 Å². The molecule has 1 aromatic carbocycles. The van der Waals surface area contributed by atoms with Crippen LogP contribution in [0.15, 0.2) is 24.3 Å². The monoisotopic (exact) mass is 290 g/mol. The van der Waals surface area contributed by atoms with Crippen molar-refractivity contribution in [3.8, 4) is 5.75 Å². The Kier molecular flexibility index (Phi) is 5.03. The third-order valence-corrected chi connectivity index (χ3v) is 3.08. The molecular weight excluding hydrogens is 273 g/mol. The highest BCUT2D eigenvalue weighted by Gasteiger charge is 2.34. The summed E-state index contributed by atoms with van der Waals surface area (Å²) >= 11 is 0. The summed E-state index contributed by atoms with van der Waals surface area (Å²) in [5.41, 5.74) is -0.448. The number of ether oxygens (including phenoxy) is 2. The lowest BCUT2D eigenvalue weighted by atomic mass is 9.88. The van der Waals surface area contributed by atoms with E-state index in [1.165, 1.54) is 25.1 Å². The molecule has 0 saturated heterocycles. The largest absolute Gasteiger partial charge is 0.573 e. The molecule has 1 rings (SSSR count). The Hall–Kier alpha value is -1.72. The van der Waals surface area contributed by atoms with Crippen molar-refractivity contribution in [2.75, 3.05) is 0 Å². The lowest BCUT2D eigenvalue weighted by Gasteiger charge is -2.32. The van der Waals surface area contributed by atoms with Crippen LogP contribution in [0.2, 0.25) is 0 Å². The molecule has 0 radical (unpaired) electrons. The van der Waals surface area contributed by atoms with Crippen molar-refractivity contribution in [3.05, 3.63) is 29.8 Å². The van der Waals surface area contributed by atoms with Crippen LogP contribution in [-0.4, -0.2) is 12.3 Å². The first-order chi connectivity index (χ1) is 9.22. The van der Waals surface area contributed by atoms with E-state index >= 15 is 0 Å². The minimum Gasteiger partial charge on any atom is -0.454 e. The summed E-state index contributed by atoms with van der Waals surface area (Å²) in [6.07, 6.45) is -3.84. The summed E-state index contributed by atoms with van der Waals surface area (Å²) in [4.78, 5) is 11.2. The Morgan fingerprint density at radius 3 is 2.25 bits per heavy atom. The zero-order valence-corrected chi connectivity index (χ0v) is 11.6. The van der Waals surface area contributed by atoms with Gasteiger partial charge in [-0.25, -0.2) is 0 Å². The Morgan fingerprint density at radius 2 is 1.80 bits per heavy atom. The van der Waals surface area contributed by atoms with Gasteiger partial charge in [-0.05, 0) is 30.5 Å². The van der Waals surface area contributed by atoms with Gasteiger partial charge in [0.05, 0.1) is 0 Å². The molecule has 0 spiro atoms. The third kappa shape index (κ3) is 4.15. The molecule has 0 heterocycles. The zero-order chi connectivity index (χ0) is 15.4. The van der Waals surface area contributed by atoms with E-state index in [1.54, 1.807) is 6.07 Å². The highest BCUT2D eigenvalue weighted by Crippen LogP contribution is 2.35. The summed E-state index contributed by atoms with van der Waals surface area (Å²) in [6.45, 7) is 4.89. The van der Waals surface area contributed by atoms with Crippen LogP contribution in [0.5, 0.6) is 5.75 Å². The second-order valence-electron chi connectivity index (χ2n) is 4.37. The van der Waals surface area contributed by atoms with Crippen LogP contribution in [0, 0.1) is 0 Å². The standard InChI is InChI=1S/C14H17F3O3/c1-4-13(5-2,19-10(3)18)11-7-6-8-12(9-11)20-14(15,16)17/h6-9H,4-5H2,1-3H3. The maximum absolute atomic E-state index is 12.2. The molecule has 0 aliphatic rings. The van der Waals surface area contributed by atoms with E-state index in [0.29, 0.717) is 18.4 Å². The molecule has 6 heteroatoms. The number of carbonyl (C=O) groups is 1.